The third-order valence-electron chi connectivity index (χ3n) is 4.39. The predicted molar refractivity (Wildman–Crippen MR) is 81.5 cm³/mol. The van der Waals surface area contributed by atoms with Crippen LogP contribution in [0.15, 0.2) is 0 Å². The lowest BCUT2D eigenvalue weighted by Gasteiger charge is -2.25. The number of halogens is 3. The Hall–Kier alpha value is -1.77. The average molecular weight is 348 g/mol. The van der Waals surface area contributed by atoms with Crippen molar-refractivity contribution < 1.29 is 23.1 Å². The first kappa shape index (κ1) is 18.6. The molecule has 0 saturated carbocycles. The molecule has 2 N–H and O–H groups in total. The second-order valence-corrected chi connectivity index (χ2v) is 6.20. The van der Waals surface area contributed by atoms with E-state index in [1.807, 2.05) is 0 Å². The predicted octanol–water partition coefficient (Wildman–Crippen LogP) is 2.29. The summed E-state index contributed by atoms with van der Waals surface area (Å²) in [4.78, 5) is 13.9. The van der Waals surface area contributed by atoms with Gasteiger partial charge in [-0.3, -0.25) is 4.68 Å². The van der Waals surface area contributed by atoms with E-state index in [-0.39, 0.29) is 18.7 Å². The molecule has 24 heavy (non-hydrogen) atoms. The summed E-state index contributed by atoms with van der Waals surface area (Å²) in [7, 11) is 0. The van der Waals surface area contributed by atoms with E-state index in [0.717, 1.165) is 17.5 Å². The quantitative estimate of drug-likeness (QED) is 0.877. The Morgan fingerprint density at radius 1 is 1.46 bits per heavy atom. The number of amides is 2. The zero-order chi connectivity index (χ0) is 18.1. The van der Waals surface area contributed by atoms with Crippen LogP contribution in [0, 0.1) is 13.8 Å². The highest BCUT2D eigenvalue weighted by atomic mass is 19.4. The highest BCUT2D eigenvalue weighted by molar-refractivity contribution is 5.75. The number of aliphatic hydroxyl groups excluding tert-OH is 1. The molecule has 0 bridgehead atoms. The first-order valence-corrected chi connectivity index (χ1v) is 7.92. The summed E-state index contributed by atoms with van der Waals surface area (Å²) in [6.45, 7) is 4.23. The van der Waals surface area contributed by atoms with Gasteiger partial charge >= 0.3 is 12.2 Å². The molecule has 0 radical (unpaired) electrons. The van der Waals surface area contributed by atoms with Crippen molar-refractivity contribution in [2.45, 2.75) is 58.4 Å². The Morgan fingerprint density at radius 2 is 2.12 bits per heavy atom. The van der Waals surface area contributed by atoms with Crippen LogP contribution >= 0.6 is 0 Å². The Labute approximate surface area is 138 Å². The number of carbonyl (C=O) groups is 1. The van der Waals surface area contributed by atoms with Crippen LogP contribution in [0.1, 0.15) is 42.8 Å². The molecule has 0 unspecified atom stereocenters. The summed E-state index contributed by atoms with van der Waals surface area (Å²) in [5.74, 6) is 0. The van der Waals surface area contributed by atoms with Gasteiger partial charge in [-0.2, -0.15) is 18.3 Å². The van der Waals surface area contributed by atoms with Crippen molar-refractivity contribution in [1.29, 1.82) is 0 Å². The highest BCUT2D eigenvalue weighted by Gasteiger charge is 2.32. The summed E-state index contributed by atoms with van der Waals surface area (Å²) in [5, 5.41) is 16.0. The number of nitrogens with zero attached hydrogens (tertiary/aromatic N) is 3. The maximum absolute atomic E-state index is 12.6. The van der Waals surface area contributed by atoms with Crippen molar-refractivity contribution in [2.24, 2.45) is 0 Å². The summed E-state index contributed by atoms with van der Waals surface area (Å²) >= 11 is 0. The lowest BCUT2D eigenvalue weighted by atomic mass is 10.1. The van der Waals surface area contributed by atoms with E-state index in [1.165, 1.54) is 0 Å². The molecule has 136 valence electrons. The molecule has 6 nitrogen and oxygen atoms in total. The van der Waals surface area contributed by atoms with Gasteiger partial charge in [0.25, 0.3) is 0 Å². The summed E-state index contributed by atoms with van der Waals surface area (Å²) < 4.78 is 38.7. The molecule has 1 aliphatic heterocycles. The zero-order valence-electron chi connectivity index (χ0n) is 14.0. The van der Waals surface area contributed by atoms with E-state index < -0.39 is 18.8 Å². The number of nitrogens with one attached hydrogen (secondary N) is 1. The van der Waals surface area contributed by atoms with Gasteiger partial charge in [-0.15, -0.1) is 0 Å². The molecule has 1 saturated heterocycles. The molecular formula is C15H23F3N4O2. The number of urea groups is 1. The van der Waals surface area contributed by atoms with Crippen molar-refractivity contribution in [3.05, 3.63) is 17.0 Å². The minimum Gasteiger partial charge on any atom is -0.394 e. The molecule has 0 aromatic carbocycles. The van der Waals surface area contributed by atoms with E-state index in [1.54, 1.807) is 25.7 Å². The molecule has 0 aliphatic carbocycles. The molecule has 1 aromatic heterocycles. The highest BCUT2D eigenvalue weighted by Crippen LogP contribution is 2.25. The van der Waals surface area contributed by atoms with Crippen LogP contribution in [0.4, 0.5) is 18.0 Å². The van der Waals surface area contributed by atoms with E-state index >= 15 is 0 Å². The number of alkyl halides is 3. The van der Waals surface area contributed by atoms with E-state index in [4.69, 9.17) is 0 Å². The second-order valence-electron chi connectivity index (χ2n) is 6.20. The van der Waals surface area contributed by atoms with Gasteiger partial charge in [0, 0.05) is 17.8 Å². The van der Waals surface area contributed by atoms with Crippen LogP contribution in [0.25, 0.3) is 0 Å². The topological polar surface area (TPSA) is 70.4 Å². The molecule has 1 aliphatic rings. The minimum absolute atomic E-state index is 0.0939. The van der Waals surface area contributed by atoms with Crippen LogP contribution in [0.5, 0.6) is 0 Å². The molecule has 2 atom stereocenters. The van der Waals surface area contributed by atoms with Gasteiger partial charge in [0.05, 0.1) is 24.4 Å². The van der Waals surface area contributed by atoms with Crippen LogP contribution < -0.4 is 5.32 Å². The molecule has 2 rings (SSSR count). The summed E-state index contributed by atoms with van der Waals surface area (Å²) in [5.41, 5.74) is 1.44. The van der Waals surface area contributed by atoms with E-state index in [2.05, 4.69) is 10.4 Å². The van der Waals surface area contributed by atoms with Crippen LogP contribution in [0.3, 0.4) is 0 Å². The van der Waals surface area contributed by atoms with E-state index in [9.17, 15) is 23.1 Å². The summed E-state index contributed by atoms with van der Waals surface area (Å²) in [6.07, 6.45) is -2.77. The monoisotopic (exact) mass is 348 g/mol. The van der Waals surface area contributed by atoms with Gasteiger partial charge in [-0.25, -0.2) is 4.79 Å². The summed E-state index contributed by atoms with van der Waals surface area (Å²) in [6, 6.07) is -0.992. The van der Waals surface area contributed by atoms with Gasteiger partial charge in [-0.1, -0.05) is 0 Å². The Kier molecular flexibility index (Phi) is 5.42. The lowest BCUT2D eigenvalue weighted by Crippen LogP contribution is -2.45. The maximum atomic E-state index is 12.6. The molecule has 1 fully saturated rings. The fourth-order valence-corrected chi connectivity index (χ4v) is 3.29. The number of likely N-dealkylation sites (tertiary alicyclic amines) is 1. The number of aryl methyl sites for hydroxylation is 1. The van der Waals surface area contributed by atoms with Crippen molar-refractivity contribution >= 4 is 6.03 Å². The third-order valence-corrected chi connectivity index (χ3v) is 4.39. The zero-order valence-corrected chi connectivity index (χ0v) is 14.0. The van der Waals surface area contributed by atoms with Gasteiger partial charge in [-0.05, 0) is 33.6 Å². The van der Waals surface area contributed by atoms with Crippen molar-refractivity contribution in [2.75, 3.05) is 13.2 Å². The number of carbonyl (C=O) groups excluding carboxylic acids is 1. The number of rotatable bonds is 4. The Balaban J connectivity index is 2.12. The number of aromatic nitrogens is 2. The van der Waals surface area contributed by atoms with Gasteiger partial charge in [0.15, 0.2) is 0 Å². The fourth-order valence-electron chi connectivity index (χ4n) is 3.29. The molecular weight excluding hydrogens is 325 g/mol. The largest absolute Gasteiger partial charge is 0.408 e. The first-order valence-electron chi connectivity index (χ1n) is 7.92. The molecule has 0 spiro atoms. The maximum Gasteiger partial charge on any atom is 0.408 e. The van der Waals surface area contributed by atoms with Crippen molar-refractivity contribution in [1.82, 2.24) is 20.0 Å². The van der Waals surface area contributed by atoms with Crippen LogP contribution in [-0.4, -0.2) is 51.2 Å². The van der Waals surface area contributed by atoms with Gasteiger partial charge in [0.2, 0.25) is 0 Å². The fraction of sp³-hybridized carbons (Fsp3) is 0.733. The van der Waals surface area contributed by atoms with E-state index in [0.29, 0.717) is 23.5 Å². The standard InChI is InChI=1S/C15H23F3N4O2/c1-9(19-14(24)21-6-4-5-12(21)7-23)13-10(2)20-22(11(13)3)8-15(16,17)18/h9,12,23H,4-8H2,1-3H3,(H,19,24)/t9-,12+/m0/s1. The molecule has 9 heteroatoms. The molecule has 1 aromatic rings. The lowest BCUT2D eigenvalue weighted by molar-refractivity contribution is -0.143. The average Bonchev–Trinajstić information content (AvgIpc) is 3.02. The first-order chi connectivity index (χ1) is 11.1. The SMILES string of the molecule is Cc1nn(CC(F)(F)F)c(C)c1[C@H](C)NC(=O)N1CCC[C@@H]1CO. The Bertz CT molecular complexity index is 600. The minimum atomic E-state index is -4.35. The molecule has 2 heterocycles. The van der Waals surface area contributed by atoms with Crippen molar-refractivity contribution in [3.8, 4) is 0 Å². The molecule has 2 amide bonds. The Morgan fingerprint density at radius 3 is 2.71 bits per heavy atom. The van der Waals surface area contributed by atoms with Gasteiger partial charge < -0.3 is 15.3 Å². The van der Waals surface area contributed by atoms with Crippen LogP contribution in [-0.2, 0) is 6.54 Å². The van der Waals surface area contributed by atoms with Crippen LogP contribution in [0.2, 0.25) is 0 Å². The number of hydrogen-bond donors (Lipinski definition) is 2. The second kappa shape index (κ2) is 7.00. The normalized spacial score (nSPS) is 19.6. The number of hydrogen-bond acceptors (Lipinski definition) is 3. The third kappa shape index (κ3) is 4.00. The van der Waals surface area contributed by atoms with Crippen molar-refractivity contribution in [3.63, 3.8) is 0 Å². The number of aliphatic hydroxyl groups is 1. The smallest absolute Gasteiger partial charge is 0.394 e. The van der Waals surface area contributed by atoms with Gasteiger partial charge in [0.1, 0.15) is 6.54 Å².